The number of nitrogens with two attached hydrogens (primary N) is 1. The second-order valence-electron chi connectivity index (χ2n) is 4.77. The van der Waals surface area contributed by atoms with E-state index in [2.05, 4.69) is 5.32 Å². The number of nitrogens with one attached hydrogen (secondary N) is 1. The molecule has 1 aromatic rings. The minimum atomic E-state index is -3.78. The molecule has 0 bridgehead atoms. The summed E-state index contributed by atoms with van der Waals surface area (Å²) in [6, 6.07) is 4.31. The lowest BCUT2D eigenvalue weighted by Crippen LogP contribution is -2.35. The molecule has 0 saturated carbocycles. The van der Waals surface area contributed by atoms with E-state index in [9.17, 15) is 13.2 Å². The van der Waals surface area contributed by atoms with Gasteiger partial charge in [0.2, 0.25) is 15.9 Å². The van der Waals surface area contributed by atoms with E-state index in [4.69, 9.17) is 9.88 Å². The van der Waals surface area contributed by atoms with Gasteiger partial charge in [-0.15, -0.1) is 0 Å². The summed E-state index contributed by atoms with van der Waals surface area (Å²) in [5.74, 6) is -0.157. The molecule has 1 unspecified atom stereocenters. The lowest BCUT2D eigenvalue weighted by atomic mass is 10.0. The average Bonchev–Trinajstić information content (AvgIpc) is 2.69. The predicted octanol–water partition coefficient (Wildman–Crippen LogP) is 0.335. The first kappa shape index (κ1) is 13.8. The fourth-order valence-corrected chi connectivity index (χ4v) is 2.52. The molecule has 0 aromatic heterocycles. The van der Waals surface area contributed by atoms with Crippen LogP contribution in [0.15, 0.2) is 23.1 Å². The second kappa shape index (κ2) is 4.82. The number of hydrogen-bond acceptors (Lipinski definition) is 4. The summed E-state index contributed by atoms with van der Waals surface area (Å²) < 4.78 is 28.0. The number of rotatable bonds is 3. The van der Waals surface area contributed by atoms with Gasteiger partial charge in [0.15, 0.2) is 0 Å². The molecular weight excluding hydrogens is 268 g/mol. The molecule has 2 rings (SSSR count). The summed E-state index contributed by atoms with van der Waals surface area (Å²) in [6.45, 7) is 3.92. The van der Waals surface area contributed by atoms with Gasteiger partial charge in [0.25, 0.3) is 0 Å². The van der Waals surface area contributed by atoms with E-state index in [1.807, 2.05) is 13.8 Å². The number of hydrogen-bond donors (Lipinski definition) is 2. The molecule has 0 saturated heterocycles. The van der Waals surface area contributed by atoms with Gasteiger partial charge in [-0.1, -0.05) is 0 Å². The Morgan fingerprint density at radius 3 is 2.74 bits per heavy atom. The van der Waals surface area contributed by atoms with E-state index in [1.165, 1.54) is 18.2 Å². The number of ether oxygens (including phenoxy) is 1. The normalized spacial score (nSPS) is 18.0. The third kappa shape index (κ3) is 2.87. The number of sulfonamides is 1. The highest BCUT2D eigenvalue weighted by atomic mass is 32.2. The zero-order valence-corrected chi connectivity index (χ0v) is 11.5. The second-order valence-corrected chi connectivity index (χ2v) is 6.33. The molecule has 3 N–H and O–H groups in total. The summed E-state index contributed by atoms with van der Waals surface area (Å²) in [6.07, 6.45) is 0. The maximum atomic E-state index is 12.0. The van der Waals surface area contributed by atoms with Crippen molar-refractivity contribution >= 4 is 15.9 Å². The van der Waals surface area contributed by atoms with Crippen LogP contribution in [0.25, 0.3) is 0 Å². The minimum Gasteiger partial charge on any atom is -0.492 e. The van der Waals surface area contributed by atoms with Crippen LogP contribution in [0.2, 0.25) is 0 Å². The van der Waals surface area contributed by atoms with Crippen LogP contribution in [0.5, 0.6) is 5.75 Å². The first-order valence-electron chi connectivity index (χ1n) is 5.89. The Morgan fingerprint density at radius 1 is 1.47 bits per heavy atom. The summed E-state index contributed by atoms with van der Waals surface area (Å²) in [5, 5.41) is 7.87. The molecule has 7 heteroatoms. The van der Waals surface area contributed by atoms with Gasteiger partial charge in [0.1, 0.15) is 18.3 Å². The number of carbonyl (C=O) groups is 1. The van der Waals surface area contributed by atoms with Crippen molar-refractivity contribution in [1.82, 2.24) is 5.32 Å². The molecular formula is C12H16N2O4S. The molecule has 1 amide bonds. The van der Waals surface area contributed by atoms with Crippen molar-refractivity contribution < 1.29 is 17.9 Å². The van der Waals surface area contributed by atoms with E-state index >= 15 is 0 Å². The molecule has 1 aliphatic heterocycles. The molecule has 1 aliphatic rings. The highest BCUT2D eigenvalue weighted by molar-refractivity contribution is 7.89. The molecule has 104 valence electrons. The Balaban J connectivity index is 2.35. The van der Waals surface area contributed by atoms with Gasteiger partial charge in [-0.3, -0.25) is 4.79 Å². The van der Waals surface area contributed by atoms with Crippen molar-refractivity contribution in [2.75, 3.05) is 6.61 Å². The SMILES string of the molecule is CC(C)NC(=O)C1COc2ccc(S(N)(=O)=O)cc21. The zero-order chi connectivity index (χ0) is 14.2. The van der Waals surface area contributed by atoms with Gasteiger partial charge in [0.05, 0.1) is 4.90 Å². The van der Waals surface area contributed by atoms with Crippen LogP contribution >= 0.6 is 0 Å². The first-order valence-corrected chi connectivity index (χ1v) is 7.43. The standard InChI is InChI=1S/C12H16N2O4S/c1-7(2)14-12(15)10-6-18-11-4-3-8(5-9(10)11)19(13,16)17/h3-5,7,10H,6H2,1-2H3,(H,14,15)(H2,13,16,17). The van der Waals surface area contributed by atoms with E-state index in [-0.39, 0.29) is 23.5 Å². The molecule has 0 radical (unpaired) electrons. The molecule has 1 aromatic carbocycles. The van der Waals surface area contributed by atoms with E-state index in [0.717, 1.165) is 0 Å². The largest absolute Gasteiger partial charge is 0.492 e. The Bertz CT molecular complexity index is 610. The first-order chi connectivity index (χ1) is 8.79. The van der Waals surface area contributed by atoms with Crippen LogP contribution in [-0.4, -0.2) is 27.0 Å². The average molecular weight is 284 g/mol. The maximum absolute atomic E-state index is 12.0. The van der Waals surface area contributed by atoms with E-state index in [1.54, 1.807) is 0 Å². The van der Waals surface area contributed by atoms with Crippen LogP contribution in [0.1, 0.15) is 25.3 Å². The van der Waals surface area contributed by atoms with Crippen molar-refractivity contribution in [2.24, 2.45) is 5.14 Å². The Morgan fingerprint density at radius 2 is 2.16 bits per heavy atom. The van der Waals surface area contributed by atoms with E-state index in [0.29, 0.717) is 11.3 Å². The quantitative estimate of drug-likeness (QED) is 0.835. The molecule has 0 spiro atoms. The maximum Gasteiger partial charge on any atom is 0.238 e. The number of benzene rings is 1. The Hall–Kier alpha value is -1.60. The van der Waals surface area contributed by atoms with Crippen molar-refractivity contribution in [2.45, 2.75) is 30.7 Å². The van der Waals surface area contributed by atoms with Crippen LogP contribution in [0.3, 0.4) is 0 Å². The van der Waals surface area contributed by atoms with Gasteiger partial charge in [-0.05, 0) is 32.0 Å². The van der Waals surface area contributed by atoms with Crippen LogP contribution in [0, 0.1) is 0 Å². The van der Waals surface area contributed by atoms with Crippen LogP contribution in [0.4, 0.5) is 0 Å². The number of amides is 1. The third-order valence-electron chi connectivity index (χ3n) is 2.84. The summed E-state index contributed by atoms with van der Waals surface area (Å²) in [7, 11) is -3.78. The van der Waals surface area contributed by atoms with Crippen LogP contribution in [-0.2, 0) is 14.8 Å². The van der Waals surface area contributed by atoms with Crippen molar-refractivity contribution in [3.8, 4) is 5.75 Å². The molecule has 6 nitrogen and oxygen atoms in total. The lowest BCUT2D eigenvalue weighted by Gasteiger charge is -2.13. The van der Waals surface area contributed by atoms with Crippen molar-refractivity contribution in [3.05, 3.63) is 23.8 Å². The number of primary sulfonamides is 1. The summed E-state index contributed by atoms with van der Waals surface area (Å²) >= 11 is 0. The molecule has 0 fully saturated rings. The third-order valence-corrected chi connectivity index (χ3v) is 3.75. The predicted molar refractivity (Wildman–Crippen MR) is 69.3 cm³/mol. The molecule has 0 aliphatic carbocycles. The summed E-state index contributed by atoms with van der Waals surface area (Å²) in [4.78, 5) is 12.0. The van der Waals surface area contributed by atoms with Gasteiger partial charge in [-0.2, -0.15) is 0 Å². The number of fused-ring (bicyclic) bond motifs is 1. The zero-order valence-electron chi connectivity index (χ0n) is 10.7. The Kier molecular flexibility index (Phi) is 3.51. The fraction of sp³-hybridized carbons (Fsp3) is 0.417. The highest BCUT2D eigenvalue weighted by Gasteiger charge is 2.31. The van der Waals surface area contributed by atoms with Gasteiger partial charge < -0.3 is 10.1 Å². The van der Waals surface area contributed by atoms with Gasteiger partial charge in [0, 0.05) is 11.6 Å². The lowest BCUT2D eigenvalue weighted by molar-refractivity contribution is -0.123. The number of carbonyl (C=O) groups excluding carboxylic acids is 1. The molecule has 1 heterocycles. The fourth-order valence-electron chi connectivity index (χ4n) is 1.97. The Labute approximate surface area is 112 Å². The minimum absolute atomic E-state index is 0.0120. The monoisotopic (exact) mass is 284 g/mol. The smallest absolute Gasteiger partial charge is 0.238 e. The van der Waals surface area contributed by atoms with Crippen molar-refractivity contribution in [1.29, 1.82) is 0 Å². The van der Waals surface area contributed by atoms with Crippen LogP contribution < -0.4 is 15.2 Å². The molecule has 19 heavy (non-hydrogen) atoms. The van der Waals surface area contributed by atoms with Gasteiger partial charge >= 0.3 is 0 Å². The molecule has 1 atom stereocenters. The highest BCUT2D eigenvalue weighted by Crippen LogP contribution is 2.35. The van der Waals surface area contributed by atoms with E-state index < -0.39 is 15.9 Å². The topological polar surface area (TPSA) is 98.5 Å². The summed E-state index contributed by atoms with van der Waals surface area (Å²) in [5.41, 5.74) is 0.560. The van der Waals surface area contributed by atoms with Crippen molar-refractivity contribution in [3.63, 3.8) is 0 Å². The van der Waals surface area contributed by atoms with Gasteiger partial charge in [-0.25, -0.2) is 13.6 Å².